The first-order valence-electron chi connectivity index (χ1n) is 10.1. The van der Waals surface area contributed by atoms with Gasteiger partial charge in [-0.3, -0.25) is 0 Å². The third kappa shape index (κ3) is 13.6. The minimum Gasteiger partial charge on any atom is -0.378 e. The van der Waals surface area contributed by atoms with Crippen LogP contribution in [0.25, 0.3) is 0 Å². The Morgan fingerprint density at radius 1 is 0.960 bits per heavy atom. The van der Waals surface area contributed by atoms with E-state index in [1.165, 1.54) is 12.8 Å². The van der Waals surface area contributed by atoms with Crippen LogP contribution in [0, 0.1) is 5.92 Å². The molecule has 1 fully saturated rings. The van der Waals surface area contributed by atoms with Crippen molar-refractivity contribution in [2.45, 2.75) is 45.6 Å². The highest BCUT2D eigenvalue weighted by Crippen LogP contribution is 2.07. The fourth-order valence-corrected chi connectivity index (χ4v) is 2.73. The van der Waals surface area contributed by atoms with Gasteiger partial charge < -0.3 is 30.2 Å². The van der Waals surface area contributed by atoms with Gasteiger partial charge in [0.1, 0.15) is 0 Å². The summed E-state index contributed by atoms with van der Waals surface area (Å²) in [6, 6.07) is 0.397. The van der Waals surface area contributed by atoms with E-state index in [4.69, 9.17) is 19.9 Å². The minimum absolute atomic E-state index is 0.397. The maximum atomic E-state index is 5.90. The number of nitrogens with one attached hydrogen (secondary N) is 1. The number of hydrogen-bond donors (Lipinski definition) is 2. The van der Waals surface area contributed by atoms with Crippen LogP contribution >= 0.6 is 0 Å². The Hall–Kier alpha value is -0.240. The first kappa shape index (κ1) is 22.8. The molecule has 0 aromatic heterocycles. The molecule has 1 aliphatic rings. The van der Waals surface area contributed by atoms with Crippen LogP contribution in [0.5, 0.6) is 0 Å². The highest BCUT2D eigenvalue weighted by Gasteiger charge is 2.14. The summed E-state index contributed by atoms with van der Waals surface area (Å²) in [5.41, 5.74) is 5.90. The zero-order chi connectivity index (χ0) is 18.2. The normalized spacial score (nSPS) is 17.9. The molecule has 0 aliphatic carbocycles. The summed E-state index contributed by atoms with van der Waals surface area (Å²) in [6.07, 6.45) is 4.71. The van der Waals surface area contributed by atoms with Crippen molar-refractivity contribution in [3.05, 3.63) is 0 Å². The molecule has 1 heterocycles. The predicted molar refractivity (Wildman–Crippen MR) is 103 cm³/mol. The Morgan fingerprint density at radius 3 is 2.20 bits per heavy atom. The number of nitrogens with zero attached hydrogens (tertiary/aromatic N) is 1. The maximum Gasteiger partial charge on any atom is 0.0701 e. The average molecular weight is 360 g/mol. The van der Waals surface area contributed by atoms with Crippen LogP contribution < -0.4 is 11.1 Å². The summed E-state index contributed by atoms with van der Waals surface area (Å²) in [4.78, 5) is 2.43. The van der Waals surface area contributed by atoms with Gasteiger partial charge in [-0.2, -0.15) is 0 Å². The van der Waals surface area contributed by atoms with Crippen LogP contribution in [0.3, 0.4) is 0 Å². The SMILES string of the molecule is CCC(C)CCNCCOCCOCCOCCN1CCC(N)CC1. The lowest BCUT2D eigenvalue weighted by atomic mass is 10.1. The summed E-state index contributed by atoms with van der Waals surface area (Å²) < 4.78 is 16.7. The molecule has 6 nitrogen and oxygen atoms in total. The summed E-state index contributed by atoms with van der Waals surface area (Å²) in [7, 11) is 0. The van der Waals surface area contributed by atoms with Crippen molar-refractivity contribution in [2.24, 2.45) is 11.7 Å². The van der Waals surface area contributed by atoms with Crippen LogP contribution in [0.2, 0.25) is 0 Å². The molecular weight excluding hydrogens is 318 g/mol. The van der Waals surface area contributed by atoms with Crippen molar-refractivity contribution in [1.29, 1.82) is 0 Å². The second-order valence-corrected chi connectivity index (χ2v) is 7.07. The minimum atomic E-state index is 0.397. The molecule has 0 aromatic rings. The first-order chi connectivity index (χ1) is 12.2. The average Bonchev–Trinajstić information content (AvgIpc) is 2.63. The van der Waals surface area contributed by atoms with Gasteiger partial charge in [-0.1, -0.05) is 20.3 Å². The predicted octanol–water partition coefficient (Wildman–Crippen LogP) is 1.49. The Balaban J connectivity index is 1.71. The van der Waals surface area contributed by atoms with E-state index in [1.54, 1.807) is 0 Å². The van der Waals surface area contributed by atoms with E-state index in [9.17, 15) is 0 Å². The first-order valence-corrected chi connectivity index (χ1v) is 10.1. The molecule has 1 atom stereocenters. The van der Waals surface area contributed by atoms with Crippen molar-refractivity contribution < 1.29 is 14.2 Å². The lowest BCUT2D eigenvalue weighted by Crippen LogP contribution is -2.41. The summed E-state index contributed by atoms with van der Waals surface area (Å²) in [5, 5.41) is 3.41. The van der Waals surface area contributed by atoms with Gasteiger partial charge in [0.25, 0.3) is 0 Å². The zero-order valence-corrected chi connectivity index (χ0v) is 16.5. The van der Waals surface area contributed by atoms with E-state index in [0.717, 1.165) is 64.7 Å². The second kappa shape index (κ2) is 16.0. The summed E-state index contributed by atoms with van der Waals surface area (Å²) in [5.74, 6) is 0.808. The van der Waals surface area contributed by atoms with Crippen molar-refractivity contribution in [3.63, 3.8) is 0 Å². The van der Waals surface area contributed by atoms with Crippen molar-refractivity contribution in [1.82, 2.24) is 10.2 Å². The van der Waals surface area contributed by atoms with Gasteiger partial charge in [0.2, 0.25) is 0 Å². The van der Waals surface area contributed by atoms with Crippen molar-refractivity contribution >= 4 is 0 Å². The van der Waals surface area contributed by atoms with E-state index in [1.807, 2.05) is 0 Å². The molecule has 1 unspecified atom stereocenters. The molecule has 0 amide bonds. The second-order valence-electron chi connectivity index (χ2n) is 7.07. The third-order valence-electron chi connectivity index (χ3n) is 4.86. The molecule has 0 radical (unpaired) electrons. The number of likely N-dealkylation sites (tertiary alicyclic amines) is 1. The molecule has 0 spiro atoms. The summed E-state index contributed by atoms with van der Waals surface area (Å²) in [6.45, 7) is 13.9. The molecule has 6 heteroatoms. The van der Waals surface area contributed by atoms with Crippen molar-refractivity contribution in [3.8, 4) is 0 Å². The fraction of sp³-hybridized carbons (Fsp3) is 1.00. The van der Waals surface area contributed by atoms with E-state index >= 15 is 0 Å². The van der Waals surface area contributed by atoms with Gasteiger partial charge in [-0.25, -0.2) is 0 Å². The molecule has 3 N–H and O–H groups in total. The number of piperidine rings is 1. The largest absolute Gasteiger partial charge is 0.378 e. The summed E-state index contributed by atoms with van der Waals surface area (Å²) >= 11 is 0. The molecule has 0 bridgehead atoms. The van der Waals surface area contributed by atoms with Gasteiger partial charge in [0.15, 0.2) is 0 Å². The number of rotatable bonds is 16. The molecular formula is C19H41N3O3. The molecule has 25 heavy (non-hydrogen) atoms. The van der Waals surface area contributed by atoms with E-state index in [0.29, 0.717) is 32.5 Å². The van der Waals surface area contributed by atoms with Crippen molar-refractivity contribution in [2.75, 3.05) is 72.4 Å². The Kier molecular flexibility index (Phi) is 14.6. The van der Waals surface area contributed by atoms with Gasteiger partial charge in [-0.05, 0) is 44.8 Å². The van der Waals surface area contributed by atoms with Crippen LogP contribution in [-0.2, 0) is 14.2 Å². The van der Waals surface area contributed by atoms with Gasteiger partial charge >= 0.3 is 0 Å². The van der Waals surface area contributed by atoms with E-state index < -0.39 is 0 Å². The van der Waals surface area contributed by atoms with E-state index in [-0.39, 0.29) is 0 Å². The third-order valence-corrected chi connectivity index (χ3v) is 4.86. The topological polar surface area (TPSA) is 69.0 Å². The maximum absolute atomic E-state index is 5.90. The Labute approximate surface area is 154 Å². The number of nitrogens with two attached hydrogens (primary N) is 1. The quantitative estimate of drug-likeness (QED) is 0.407. The lowest BCUT2D eigenvalue weighted by Gasteiger charge is -2.29. The fourth-order valence-electron chi connectivity index (χ4n) is 2.73. The highest BCUT2D eigenvalue weighted by atomic mass is 16.5. The van der Waals surface area contributed by atoms with Gasteiger partial charge in [0, 0.05) is 19.1 Å². The smallest absolute Gasteiger partial charge is 0.0701 e. The van der Waals surface area contributed by atoms with Crippen LogP contribution in [0.4, 0.5) is 0 Å². The highest BCUT2D eigenvalue weighted by molar-refractivity contribution is 4.73. The van der Waals surface area contributed by atoms with Crippen LogP contribution in [-0.4, -0.2) is 83.3 Å². The number of ether oxygens (including phenoxy) is 3. The lowest BCUT2D eigenvalue weighted by molar-refractivity contribution is 0.0100. The monoisotopic (exact) mass is 359 g/mol. The number of hydrogen-bond acceptors (Lipinski definition) is 6. The van der Waals surface area contributed by atoms with Crippen LogP contribution in [0.15, 0.2) is 0 Å². The molecule has 1 rings (SSSR count). The van der Waals surface area contributed by atoms with E-state index in [2.05, 4.69) is 24.1 Å². The van der Waals surface area contributed by atoms with Gasteiger partial charge in [0.05, 0.1) is 39.6 Å². The zero-order valence-electron chi connectivity index (χ0n) is 16.5. The molecule has 1 aliphatic heterocycles. The standard InChI is InChI=1S/C19H41N3O3/c1-3-18(2)4-7-21-8-12-23-14-16-25-17-15-24-13-11-22-9-5-19(20)6-10-22/h18-19,21H,3-17,20H2,1-2H3. The molecule has 0 aromatic carbocycles. The molecule has 1 saturated heterocycles. The Bertz CT molecular complexity index is 287. The van der Waals surface area contributed by atoms with Gasteiger partial charge in [-0.15, -0.1) is 0 Å². The molecule has 0 saturated carbocycles. The molecule has 150 valence electrons. The Morgan fingerprint density at radius 2 is 1.56 bits per heavy atom. The van der Waals surface area contributed by atoms with Crippen LogP contribution in [0.1, 0.15) is 39.5 Å².